The molecule has 124 valence electrons. The van der Waals surface area contributed by atoms with E-state index in [1.165, 1.54) is 17.6 Å². The predicted molar refractivity (Wildman–Crippen MR) is 86.7 cm³/mol. The highest BCUT2D eigenvalue weighted by molar-refractivity contribution is 6.07. The van der Waals surface area contributed by atoms with E-state index in [1.54, 1.807) is 6.07 Å². The van der Waals surface area contributed by atoms with E-state index in [0.29, 0.717) is 18.0 Å². The minimum atomic E-state index is -0.747. The number of benzene rings is 1. The van der Waals surface area contributed by atoms with Crippen molar-refractivity contribution in [3.8, 4) is 0 Å². The number of rotatable bonds is 5. The van der Waals surface area contributed by atoms with Gasteiger partial charge in [0, 0.05) is 5.56 Å². The molecular weight excluding hydrogens is 308 g/mol. The van der Waals surface area contributed by atoms with Gasteiger partial charge in [-0.25, -0.2) is 4.79 Å². The number of hydrogen-bond acceptors (Lipinski definition) is 4. The lowest BCUT2D eigenvalue weighted by Crippen LogP contribution is -2.36. The van der Waals surface area contributed by atoms with E-state index in [0.717, 1.165) is 18.4 Å². The molecule has 24 heavy (non-hydrogen) atoms. The molecule has 0 unspecified atom stereocenters. The molecule has 0 atom stereocenters. The van der Waals surface area contributed by atoms with Crippen LogP contribution in [-0.2, 0) is 20.9 Å². The summed E-state index contributed by atoms with van der Waals surface area (Å²) >= 11 is 0. The zero-order chi connectivity index (χ0) is 17.4. The molecule has 1 aliphatic carbocycles. The van der Waals surface area contributed by atoms with Crippen LogP contribution in [0.1, 0.15) is 40.2 Å². The number of nitrogens with zero attached hydrogens (tertiary/aromatic N) is 1. The predicted octanol–water partition coefficient (Wildman–Crippen LogP) is 1.84. The number of amides is 2. The minimum Gasteiger partial charge on any atom is -0.464 e. The average molecular weight is 326 g/mol. The van der Waals surface area contributed by atoms with Gasteiger partial charge in [0.2, 0.25) is 0 Å². The van der Waals surface area contributed by atoms with E-state index >= 15 is 0 Å². The smallest absolute Gasteiger partial charge is 0.353 e. The molecule has 1 fully saturated rings. The van der Waals surface area contributed by atoms with Gasteiger partial charge >= 0.3 is 5.97 Å². The van der Waals surface area contributed by atoms with Crippen molar-refractivity contribution in [3.63, 3.8) is 0 Å². The first kappa shape index (κ1) is 16.0. The van der Waals surface area contributed by atoms with Gasteiger partial charge in [0.15, 0.2) is 0 Å². The Labute approximate surface area is 139 Å². The van der Waals surface area contributed by atoms with Crippen LogP contribution in [0.15, 0.2) is 42.8 Å². The second kappa shape index (κ2) is 5.96. The van der Waals surface area contributed by atoms with Gasteiger partial charge in [-0.15, -0.1) is 0 Å². The van der Waals surface area contributed by atoms with Crippen molar-refractivity contribution in [2.24, 2.45) is 0 Å². The Bertz CT molecular complexity index is 777. The second-order valence-corrected chi connectivity index (χ2v) is 5.91. The van der Waals surface area contributed by atoms with Gasteiger partial charge in [-0.3, -0.25) is 14.5 Å². The Hall–Kier alpha value is -2.89. The van der Waals surface area contributed by atoms with Crippen LogP contribution in [0.25, 0.3) is 0 Å². The highest BCUT2D eigenvalue weighted by Crippen LogP contribution is 2.44. The quantitative estimate of drug-likeness (QED) is 0.662. The molecule has 1 saturated carbocycles. The molecular formula is C18H18N2O4. The van der Waals surface area contributed by atoms with E-state index in [1.807, 2.05) is 12.1 Å². The third-order valence-corrected chi connectivity index (χ3v) is 4.31. The number of carbonyl (C=O) groups excluding carboxylic acids is 3. The molecule has 0 bridgehead atoms. The van der Waals surface area contributed by atoms with E-state index < -0.39 is 11.9 Å². The molecule has 0 saturated heterocycles. The largest absolute Gasteiger partial charge is 0.464 e. The van der Waals surface area contributed by atoms with E-state index in [2.05, 4.69) is 23.2 Å². The lowest BCUT2D eigenvalue weighted by Gasteiger charge is -2.18. The maximum absolute atomic E-state index is 12.6. The lowest BCUT2D eigenvalue weighted by molar-refractivity contribution is -0.137. The fourth-order valence-corrected chi connectivity index (χ4v) is 2.86. The fraction of sp³-hybridized carbons (Fsp3) is 0.278. The highest BCUT2D eigenvalue weighted by atomic mass is 16.5. The Morgan fingerprint density at radius 1 is 1.29 bits per heavy atom. The minimum absolute atomic E-state index is 0.0250. The second-order valence-electron chi connectivity index (χ2n) is 5.91. The molecule has 1 N–H and O–H groups in total. The van der Waals surface area contributed by atoms with Crippen molar-refractivity contribution in [1.29, 1.82) is 0 Å². The molecule has 6 heteroatoms. The SMILES string of the molecule is C=C(NC(=O)C(=C)N1Cc2c(cccc2C2CC2)C1=O)C(=O)OC. The molecule has 1 heterocycles. The zero-order valence-electron chi connectivity index (χ0n) is 13.4. The number of fused-ring (bicyclic) bond motifs is 1. The van der Waals surface area contributed by atoms with Gasteiger partial charge in [0.25, 0.3) is 11.8 Å². The number of methoxy groups -OCH3 is 1. The molecule has 1 aromatic carbocycles. The maximum Gasteiger partial charge on any atom is 0.353 e. The van der Waals surface area contributed by atoms with Crippen LogP contribution in [-0.4, -0.2) is 29.8 Å². The number of carbonyl (C=O) groups is 3. The first-order valence-electron chi connectivity index (χ1n) is 7.65. The summed E-state index contributed by atoms with van der Waals surface area (Å²) in [5.74, 6) is -1.15. The highest BCUT2D eigenvalue weighted by Gasteiger charge is 2.36. The summed E-state index contributed by atoms with van der Waals surface area (Å²) in [5, 5.41) is 2.30. The number of ether oxygens (including phenoxy) is 1. The van der Waals surface area contributed by atoms with Crippen LogP contribution < -0.4 is 5.32 Å². The Balaban J connectivity index is 1.76. The standard InChI is InChI=1S/C18H18N2O4/c1-10(18(23)24-3)19-16(21)11(2)20-9-15-13(12-7-8-12)5-4-6-14(15)17(20)22/h4-6,12H,1-2,7-9H2,3H3,(H,19,21). The molecule has 3 rings (SSSR count). The summed E-state index contributed by atoms with van der Waals surface area (Å²) in [7, 11) is 1.19. The zero-order valence-corrected chi connectivity index (χ0v) is 13.4. The number of nitrogens with one attached hydrogen (secondary N) is 1. The molecule has 2 amide bonds. The van der Waals surface area contributed by atoms with Crippen molar-refractivity contribution in [2.45, 2.75) is 25.3 Å². The van der Waals surface area contributed by atoms with Gasteiger partial charge in [0.05, 0.1) is 13.7 Å². The van der Waals surface area contributed by atoms with Crippen molar-refractivity contribution in [1.82, 2.24) is 10.2 Å². The van der Waals surface area contributed by atoms with Crippen LogP contribution >= 0.6 is 0 Å². The Morgan fingerprint density at radius 2 is 2.00 bits per heavy atom. The van der Waals surface area contributed by atoms with Gasteiger partial charge in [-0.2, -0.15) is 0 Å². The average Bonchev–Trinajstić information content (AvgIpc) is 3.37. The molecule has 0 radical (unpaired) electrons. The number of esters is 1. The third-order valence-electron chi connectivity index (χ3n) is 4.31. The van der Waals surface area contributed by atoms with Crippen LogP contribution in [0.4, 0.5) is 0 Å². The van der Waals surface area contributed by atoms with Crippen LogP contribution in [0.3, 0.4) is 0 Å². The van der Waals surface area contributed by atoms with E-state index in [-0.39, 0.29) is 17.3 Å². The van der Waals surface area contributed by atoms with Crippen LogP contribution in [0.2, 0.25) is 0 Å². The van der Waals surface area contributed by atoms with E-state index in [4.69, 9.17) is 0 Å². The molecule has 0 spiro atoms. The topological polar surface area (TPSA) is 75.7 Å². The first-order valence-corrected chi connectivity index (χ1v) is 7.65. The summed E-state index contributed by atoms with van der Waals surface area (Å²) in [4.78, 5) is 37.4. The normalized spacial score (nSPS) is 15.7. The van der Waals surface area contributed by atoms with Crippen molar-refractivity contribution >= 4 is 17.8 Å². The maximum atomic E-state index is 12.6. The Morgan fingerprint density at radius 3 is 2.62 bits per heavy atom. The van der Waals surface area contributed by atoms with Crippen LogP contribution in [0.5, 0.6) is 0 Å². The van der Waals surface area contributed by atoms with Crippen molar-refractivity contribution in [3.05, 3.63) is 59.4 Å². The summed E-state index contributed by atoms with van der Waals surface area (Å²) in [6.45, 7) is 7.44. The molecule has 1 aliphatic heterocycles. The number of hydrogen-bond donors (Lipinski definition) is 1. The molecule has 1 aromatic rings. The van der Waals surface area contributed by atoms with E-state index in [9.17, 15) is 14.4 Å². The molecule has 0 aromatic heterocycles. The van der Waals surface area contributed by atoms with Gasteiger partial charge < -0.3 is 10.1 Å². The van der Waals surface area contributed by atoms with Crippen molar-refractivity contribution in [2.75, 3.05) is 7.11 Å². The lowest BCUT2D eigenvalue weighted by atomic mass is 10.00. The fourth-order valence-electron chi connectivity index (χ4n) is 2.86. The Kier molecular flexibility index (Phi) is 3.97. The third kappa shape index (κ3) is 2.71. The summed E-state index contributed by atoms with van der Waals surface area (Å²) in [6, 6.07) is 5.67. The first-order chi connectivity index (χ1) is 11.4. The summed E-state index contributed by atoms with van der Waals surface area (Å²) in [6.07, 6.45) is 2.26. The summed E-state index contributed by atoms with van der Waals surface area (Å²) in [5.41, 5.74) is 2.52. The van der Waals surface area contributed by atoms with Gasteiger partial charge in [-0.05, 0) is 36.0 Å². The monoisotopic (exact) mass is 326 g/mol. The molecule has 2 aliphatic rings. The van der Waals surface area contributed by atoms with Crippen molar-refractivity contribution < 1.29 is 19.1 Å². The molecule has 6 nitrogen and oxygen atoms in total. The summed E-state index contributed by atoms with van der Waals surface area (Å²) < 4.78 is 4.48. The van der Waals surface area contributed by atoms with Gasteiger partial charge in [0.1, 0.15) is 11.4 Å². The van der Waals surface area contributed by atoms with Crippen LogP contribution in [0, 0.1) is 0 Å². The van der Waals surface area contributed by atoms with Gasteiger partial charge in [-0.1, -0.05) is 25.3 Å².